The van der Waals surface area contributed by atoms with Crippen LogP contribution in [-0.2, 0) is 17.9 Å². The maximum Gasteiger partial charge on any atom is 0.246 e. The molecule has 0 aliphatic carbocycles. The Morgan fingerprint density at radius 2 is 2.06 bits per heavy atom. The monoisotopic (exact) mass is 245 g/mol. The van der Waals surface area contributed by atoms with E-state index < -0.39 is 0 Å². The van der Waals surface area contributed by atoms with Crippen molar-refractivity contribution in [2.24, 2.45) is 0 Å². The van der Waals surface area contributed by atoms with Gasteiger partial charge in [-0.05, 0) is 18.6 Å². The molecule has 0 spiro atoms. The third-order valence-corrected chi connectivity index (χ3v) is 2.54. The summed E-state index contributed by atoms with van der Waals surface area (Å²) in [5, 5.41) is 7.80. The van der Waals surface area contributed by atoms with Crippen LogP contribution in [0.15, 0.2) is 30.7 Å². The Morgan fingerprint density at radius 3 is 2.67 bits per heavy atom. The molecule has 0 N–H and O–H groups in total. The van der Waals surface area contributed by atoms with E-state index in [1.807, 2.05) is 19.1 Å². The minimum atomic E-state index is -0.0476. The molecule has 0 unspecified atom stereocenters. The first-order valence-corrected chi connectivity index (χ1v) is 5.65. The molecule has 18 heavy (non-hydrogen) atoms. The summed E-state index contributed by atoms with van der Waals surface area (Å²) in [5.41, 5.74) is 1.97. The summed E-state index contributed by atoms with van der Waals surface area (Å²) >= 11 is 0. The molecule has 94 valence electrons. The molecule has 2 heterocycles. The fourth-order valence-corrected chi connectivity index (χ4v) is 1.49. The van der Waals surface area contributed by atoms with Crippen LogP contribution in [0.4, 0.5) is 0 Å². The van der Waals surface area contributed by atoms with Crippen molar-refractivity contribution >= 4 is 5.91 Å². The summed E-state index contributed by atoms with van der Waals surface area (Å²) in [7, 11) is 1.74. The van der Waals surface area contributed by atoms with E-state index in [4.69, 9.17) is 0 Å². The van der Waals surface area contributed by atoms with Crippen LogP contribution in [0.2, 0.25) is 0 Å². The molecule has 0 aromatic carbocycles. The molecule has 0 radical (unpaired) electrons. The number of carbonyl (C=O) groups excluding carboxylic acids is 1. The van der Waals surface area contributed by atoms with E-state index in [2.05, 4.69) is 15.2 Å². The lowest BCUT2D eigenvalue weighted by molar-refractivity contribution is -0.131. The van der Waals surface area contributed by atoms with Crippen LogP contribution in [0.25, 0.3) is 0 Å². The topological polar surface area (TPSA) is 63.9 Å². The van der Waals surface area contributed by atoms with Crippen LogP contribution >= 0.6 is 0 Å². The van der Waals surface area contributed by atoms with Gasteiger partial charge in [0, 0.05) is 13.2 Å². The number of nitrogens with zero attached hydrogens (tertiary/aromatic N) is 5. The van der Waals surface area contributed by atoms with Gasteiger partial charge in [-0.1, -0.05) is 6.07 Å². The number of rotatable bonds is 4. The van der Waals surface area contributed by atoms with Gasteiger partial charge in [-0.25, -0.2) is 0 Å². The number of aromatic nitrogens is 4. The number of hydrogen-bond acceptors (Lipinski definition) is 4. The maximum absolute atomic E-state index is 11.9. The predicted octanol–water partition coefficient (Wildman–Crippen LogP) is 0.640. The summed E-state index contributed by atoms with van der Waals surface area (Å²) in [5.74, 6) is -0.0476. The number of amides is 1. The molecule has 0 saturated carbocycles. The molecule has 2 rings (SSSR count). The van der Waals surface area contributed by atoms with Crippen molar-refractivity contribution in [3.8, 4) is 0 Å². The van der Waals surface area contributed by atoms with E-state index in [0.717, 1.165) is 11.3 Å². The van der Waals surface area contributed by atoms with Gasteiger partial charge in [-0.3, -0.25) is 9.78 Å². The van der Waals surface area contributed by atoms with Crippen LogP contribution in [0.1, 0.15) is 11.3 Å². The van der Waals surface area contributed by atoms with Gasteiger partial charge in [0.1, 0.15) is 6.54 Å². The van der Waals surface area contributed by atoms with Crippen LogP contribution in [0.3, 0.4) is 0 Å². The van der Waals surface area contributed by atoms with Crippen LogP contribution in [-0.4, -0.2) is 37.8 Å². The molecule has 2 aromatic rings. The van der Waals surface area contributed by atoms with E-state index in [0.29, 0.717) is 6.54 Å². The third-order valence-electron chi connectivity index (χ3n) is 2.54. The molecule has 0 aliphatic rings. The molecule has 6 nitrogen and oxygen atoms in total. The first-order chi connectivity index (χ1) is 8.65. The van der Waals surface area contributed by atoms with E-state index in [1.54, 1.807) is 30.5 Å². The number of carbonyl (C=O) groups is 1. The number of likely N-dealkylation sites (N-methyl/N-ethyl adjacent to an activating group) is 1. The maximum atomic E-state index is 11.9. The van der Waals surface area contributed by atoms with Crippen LogP contribution in [0.5, 0.6) is 0 Å². The van der Waals surface area contributed by atoms with Crippen molar-refractivity contribution in [2.75, 3.05) is 7.05 Å². The van der Waals surface area contributed by atoms with E-state index in [1.165, 1.54) is 4.80 Å². The summed E-state index contributed by atoms with van der Waals surface area (Å²) < 4.78 is 0. The van der Waals surface area contributed by atoms with Gasteiger partial charge in [0.15, 0.2) is 0 Å². The molecule has 0 bridgehead atoms. The van der Waals surface area contributed by atoms with Gasteiger partial charge in [0.2, 0.25) is 5.91 Å². The lowest BCUT2D eigenvalue weighted by atomic mass is 10.2. The average Bonchev–Trinajstić information content (AvgIpc) is 2.85. The first kappa shape index (κ1) is 12.2. The Morgan fingerprint density at radius 1 is 1.33 bits per heavy atom. The van der Waals surface area contributed by atoms with Crippen molar-refractivity contribution < 1.29 is 4.79 Å². The van der Waals surface area contributed by atoms with Gasteiger partial charge in [-0.15, -0.1) is 0 Å². The Kier molecular flexibility index (Phi) is 3.66. The standard InChI is InChI=1S/C12H15N5O/c1-10-3-4-11(13-7-10)8-16(2)12(18)9-17-14-5-6-15-17/h3-7H,8-9H2,1-2H3. The minimum absolute atomic E-state index is 0.0476. The van der Waals surface area contributed by atoms with Gasteiger partial charge < -0.3 is 4.90 Å². The molecule has 0 saturated heterocycles. The molecule has 0 fully saturated rings. The second kappa shape index (κ2) is 5.39. The molecule has 0 atom stereocenters. The van der Waals surface area contributed by atoms with Crippen LogP contribution < -0.4 is 0 Å². The zero-order valence-electron chi connectivity index (χ0n) is 10.4. The molecule has 6 heteroatoms. The zero-order chi connectivity index (χ0) is 13.0. The zero-order valence-corrected chi connectivity index (χ0v) is 10.4. The normalized spacial score (nSPS) is 10.3. The highest BCUT2D eigenvalue weighted by Crippen LogP contribution is 2.02. The summed E-state index contributed by atoms with van der Waals surface area (Å²) in [6.45, 7) is 2.62. The van der Waals surface area contributed by atoms with Crippen molar-refractivity contribution in [3.63, 3.8) is 0 Å². The molecular formula is C12H15N5O. The number of hydrogen-bond donors (Lipinski definition) is 0. The highest BCUT2D eigenvalue weighted by atomic mass is 16.2. The Balaban J connectivity index is 1.93. The summed E-state index contributed by atoms with van der Waals surface area (Å²) in [6.07, 6.45) is 4.90. The lowest BCUT2D eigenvalue weighted by Gasteiger charge is -2.16. The summed E-state index contributed by atoms with van der Waals surface area (Å²) in [4.78, 5) is 19.1. The smallest absolute Gasteiger partial charge is 0.246 e. The molecule has 2 aromatic heterocycles. The van der Waals surface area contributed by atoms with Crippen molar-refractivity contribution in [3.05, 3.63) is 42.0 Å². The van der Waals surface area contributed by atoms with Crippen molar-refractivity contribution in [1.82, 2.24) is 24.9 Å². The Bertz CT molecular complexity index is 506. The van der Waals surface area contributed by atoms with E-state index in [9.17, 15) is 4.79 Å². The SMILES string of the molecule is Cc1ccc(CN(C)C(=O)Cn2nccn2)nc1. The van der Waals surface area contributed by atoms with Gasteiger partial charge in [0.25, 0.3) is 0 Å². The van der Waals surface area contributed by atoms with Gasteiger partial charge in [-0.2, -0.15) is 15.0 Å². The lowest BCUT2D eigenvalue weighted by Crippen LogP contribution is -2.30. The fraction of sp³-hybridized carbons (Fsp3) is 0.333. The van der Waals surface area contributed by atoms with Gasteiger partial charge >= 0.3 is 0 Å². The predicted molar refractivity (Wildman–Crippen MR) is 65.5 cm³/mol. The molecular weight excluding hydrogens is 230 g/mol. The summed E-state index contributed by atoms with van der Waals surface area (Å²) in [6, 6.07) is 3.90. The number of aryl methyl sites for hydroxylation is 1. The van der Waals surface area contributed by atoms with Gasteiger partial charge in [0.05, 0.1) is 24.6 Å². The first-order valence-electron chi connectivity index (χ1n) is 5.65. The molecule has 1 amide bonds. The Labute approximate surface area is 105 Å². The van der Waals surface area contributed by atoms with Crippen molar-refractivity contribution in [1.29, 1.82) is 0 Å². The fourth-order valence-electron chi connectivity index (χ4n) is 1.49. The largest absolute Gasteiger partial charge is 0.338 e. The Hall–Kier alpha value is -2.24. The van der Waals surface area contributed by atoms with Crippen LogP contribution in [0, 0.1) is 6.92 Å². The second-order valence-electron chi connectivity index (χ2n) is 4.14. The minimum Gasteiger partial charge on any atom is -0.338 e. The van der Waals surface area contributed by atoms with Crippen molar-refractivity contribution in [2.45, 2.75) is 20.0 Å². The van der Waals surface area contributed by atoms with E-state index in [-0.39, 0.29) is 12.5 Å². The average molecular weight is 245 g/mol. The highest BCUT2D eigenvalue weighted by molar-refractivity contribution is 5.75. The highest BCUT2D eigenvalue weighted by Gasteiger charge is 2.11. The number of pyridine rings is 1. The third kappa shape index (κ3) is 3.13. The van der Waals surface area contributed by atoms with E-state index >= 15 is 0 Å². The second-order valence-corrected chi connectivity index (χ2v) is 4.14. The molecule has 0 aliphatic heterocycles. The quantitative estimate of drug-likeness (QED) is 0.793.